The van der Waals surface area contributed by atoms with E-state index in [4.69, 9.17) is 5.11 Å². The first kappa shape index (κ1) is 7.92. The molecule has 0 saturated heterocycles. The van der Waals surface area contributed by atoms with Crippen LogP contribution in [0.3, 0.4) is 0 Å². The van der Waals surface area contributed by atoms with Crippen molar-refractivity contribution in [2.24, 2.45) is 0 Å². The van der Waals surface area contributed by atoms with Crippen molar-refractivity contribution in [2.75, 3.05) is 0 Å². The lowest BCUT2D eigenvalue weighted by atomic mass is 10.4. The van der Waals surface area contributed by atoms with Crippen LogP contribution >= 0.6 is 12.6 Å². The Morgan fingerprint density at radius 3 is 3.08 bits per heavy atom. The second-order valence-corrected chi connectivity index (χ2v) is 2.65. The van der Waals surface area contributed by atoms with Gasteiger partial charge in [-0.2, -0.15) is 4.52 Å². The van der Waals surface area contributed by atoms with Crippen LogP contribution in [0.25, 0.3) is 5.78 Å². The van der Waals surface area contributed by atoms with E-state index in [0.29, 0.717) is 5.03 Å². The molecular formula is C5H3N5O2S. The first-order valence-electron chi connectivity index (χ1n) is 3.20. The number of tetrazole rings is 1. The third-order valence-electron chi connectivity index (χ3n) is 1.38. The Hall–Kier alpha value is -1.70. The van der Waals surface area contributed by atoms with Gasteiger partial charge in [0, 0.05) is 6.07 Å². The van der Waals surface area contributed by atoms with Crippen LogP contribution < -0.4 is 0 Å². The number of carboxylic acid groups (broad SMARTS) is 1. The fraction of sp³-hybridized carbons (Fsp3) is 0. The number of aromatic nitrogens is 5. The summed E-state index contributed by atoms with van der Waals surface area (Å²) in [4.78, 5) is 14.2. The smallest absolute Gasteiger partial charge is 0.354 e. The normalized spacial score (nSPS) is 10.5. The number of hydrogen-bond acceptors (Lipinski definition) is 6. The van der Waals surface area contributed by atoms with E-state index in [1.165, 1.54) is 10.6 Å². The molecule has 0 saturated carbocycles. The van der Waals surface area contributed by atoms with Crippen molar-refractivity contribution in [1.82, 2.24) is 25.0 Å². The van der Waals surface area contributed by atoms with Gasteiger partial charge in [0.25, 0.3) is 5.78 Å². The molecular weight excluding hydrogens is 194 g/mol. The number of hydrogen-bond donors (Lipinski definition) is 2. The molecule has 2 heterocycles. The standard InChI is InChI=1S/C5H3N5O2S/c11-4(12)2-1-3(13)10-5(6-2)7-8-9-10/h1,13H,(H,11,12). The molecule has 0 aliphatic heterocycles. The van der Waals surface area contributed by atoms with Crippen LogP contribution in [-0.2, 0) is 0 Å². The Labute approximate surface area is 76.8 Å². The lowest BCUT2D eigenvalue weighted by molar-refractivity contribution is 0.0690. The minimum absolute atomic E-state index is 0.116. The van der Waals surface area contributed by atoms with Gasteiger partial charge in [-0.3, -0.25) is 0 Å². The van der Waals surface area contributed by atoms with Gasteiger partial charge in [0.15, 0.2) is 5.69 Å². The molecule has 0 unspecified atom stereocenters. The van der Waals surface area contributed by atoms with Crippen LogP contribution in [0.15, 0.2) is 11.1 Å². The van der Waals surface area contributed by atoms with Crippen molar-refractivity contribution in [2.45, 2.75) is 5.03 Å². The Morgan fingerprint density at radius 1 is 1.62 bits per heavy atom. The third-order valence-corrected chi connectivity index (χ3v) is 1.69. The molecule has 0 spiro atoms. The molecule has 2 rings (SSSR count). The maximum Gasteiger partial charge on any atom is 0.354 e. The number of rotatable bonds is 1. The number of carboxylic acids is 1. The van der Waals surface area contributed by atoms with E-state index in [9.17, 15) is 4.79 Å². The predicted octanol–water partition coefficient (Wildman–Crippen LogP) is -0.494. The molecule has 66 valence electrons. The lowest BCUT2D eigenvalue weighted by Gasteiger charge is -1.96. The van der Waals surface area contributed by atoms with Crippen molar-refractivity contribution in [3.8, 4) is 0 Å². The highest BCUT2D eigenvalue weighted by Gasteiger charge is 2.10. The van der Waals surface area contributed by atoms with E-state index >= 15 is 0 Å². The van der Waals surface area contributed by atoms with Gasteiger partial charge in [-0.1, -0.05) is 5.10 Å². The van der Waals surface area contributed by atoms with E-state index in [-0.39, 0.29) is 11.5 Å². The second kappa shape index (κ2) is 2.66. The maximum atomic E-state index is 10.5. The molecule has 1 N–H and O–H groups in total. The van der Waals surface area contributed by atoms with Gasteiger partial charge in [-0.05, 0) is 10.4 Å². The minimum atomic E-state index is -1.14. The van der Waals surface area contributed by atoms with Gasteiger partial charge in [0.05, 0.1) is 0 Å². The lowest BCUT2D eigenvalue weighted by Crippen LogP contribution is -2.04. The quantitative estimate of drug-likeness (QED) is 0.473. The molecule has 2 aromatic heterocycles. The molecule has 2 aromatic rings. The van der Waals surface area contributed by atoms with Crippen molar-refractivity contribution < 1.29 is 9.90 Å². The number of carbonyl (C=O) groups is 1. The Morgan fingerprint density at radius 2 is 2.38 bits per heavy atom. The first-order chi connectivity index (χ1) is 6.18. The van der Waals surface area contributed by atoms with Gasteiger partial charge in [0.2, 0.25) is 0 Å². The van der Waals surface area contributed by atoms with Gasteiger partial charge in [-0.15, -0.1) is 12.6 Å². The Kier molecular flexibility index (Phi) is 1.62. The first-order valence-corrected chi connectivity index (χ1v) is 3.64. The van der Waals surface area contributed by atoms with Gasteiger partial charge in [0.1, 0.15) is 5.03 Å². The van der Waals surface area contributed by atoms with E-state index in [0.717, 1.165) is 0 Å². The zero-order valence-corrected chi connectivity index (χ0v) is 7.01. The van der Waals surface area contributed by atoms with Crippen molar-refractivity contribution >= 4 is 24.4 Å². The number of aromatic carboxylic acids is 1. The zero-order valence-electron chi connectivity index (χ0n) is 6.12. The van der Waals surface area contributed by atoms with Crippen LogP contribution in [-0.4, -0.2) is 36.1 Å². The summed E-state index contributed by atoms with van der Waals surface area (Å²) >= 11 is 4.00. The average Bonchev–Trinajstić information content (AvgIpc) is 2.51. The summed E-state index contributed by atoms with van der Waals surface area (Å²) in [5.74, 6) is -1.02. The molecule has 8 heteroatoms. The minimum Gasteiger partial charge on any atom is -0.477 e. The number of nitrogens with zero attached hydrogens (tertiary/aromatic N) is 5. The molecule has 0 aliphatic rings. The van der Waals surface area contributed by atoms with E-state index in [2.05, 4.69) is 33.1 Å². The summed E-state index contributed by atoms with van der Waals surface area (Å²) in [6, 6.07) is 1.27. The second-order valence-electron chi connectivity index (χ2n) is 2.20. The molecule has 0 aliphatic carbocycles. The Balaban J connectivity index is 2.77. The monoisotopic (exact) mass is 197 g/mol. The van der Waals surface area contributed by atoms with Crippen molar-refractivity contribution in [3.63, 3.8) is 0 Å². The topological polar surface area (TPSA) is 93.3 Å². The summed E-state index contributed by atoms with van der Waals surface area (Å²) in [5.41, 5.74) is -0.132. The summed E-state index contributed by atoms with van der Waals surface area (Å²) in [6.45, 7) is 0. The summed E-state index contributed by atoms with van der Waals surface area (Å²) in [6.07, 6.45) is 0. The Bertz CT molecular complexity index is 481. The predicted molar refractivity (Wildman–Crippen MR) is 42.8 cm³/mol. The summed E-state index contributed by atoms with van der Waals surface area (Å²) in [5, 5.41) is 19.3. The highest BCUT2D eigenvalue weighted by atomic mass is 32.1. The van der Waals surface area contributed by atoms with Crippen LogP contribution in [0.4, 0.5) is 0 Å². The average molecular weight is 197 g/mol. The van der Waals surface area contributed by atoms with Gasteiger partial charge >= 0.3 is 5.97 Å². The van der Waals surface area contributed by atoms with Crippen LogP contribution in [0.1, 0.15) is 10.5 Å². The van der Waals surface area contributed by atoms with Crippen molar-refractivity contribution in [1.29, 1.82) is 0 Å². The van der Waals surface area contributed by atoms with Crippen molar-refractivity contribution in [3.05, 3.63) is 11.8 Å². The maximum absolute atomic E-state index is 10.5. The molecule has 0 fully saturated rings. The van der Waals surface area contributed by atoms with Crippen LogP contribution in [0.5, 0.6) is 0 Å². The zero-order chi connectivity index (χ0) is 9.42. The largest absolute Gasteiger partial charge is 0.477 e. The summed E-state index contributed by atoms with van der Waals surface area (Å²) in [7, 11) is 0. The summed E-state index contributed by atoms with van der Waals surface area (Å²) < 4.78 is 1.23. The van der Waals surface area contributed by atoms with E-state index < -0.39 is 5.97 Å². The highest BCUT2D eigenvalue weighted by Crippen LogP contribution is 2.07. The van der Waals surface area contributed by atoms with Crippen LogP contribution in [0.2, 0.25) is 0 Å². The highest BCUT2D eigenvalue weighted by molar-refractivity contribution is 7.80. The fourth-order valence-electron chi connectivity index (χ4n) is 0.833. The van der Waals surface area contributed by atoms with Gasteiger partial charge < -0.3 is 5.11 Å². The molecule has 13 heavy (non-hydrogen) atoms. The molecule has 0 bridgehead atoms. The SMILES string of the molecule is O=C(O)c1cc(S)n2nnnc2n1. The molecule has 7 nitrogen and oxygen atoms in total. The fourth-order valence-corrected chi connectivity index (χ4v) is 1.09. The molecule has 0 aromatic carbocycles. The van der Waals surface area contributed by atoms with E-state index in [1.54, 1.807) is 0 Å². The van der Waals surface area contributed by atoms with Crippen LogP contribution in [0, 0.1) is 0 Å². The van der Waals surface area contributed by atoms with Gasteiger partial charge in [-0.25, -0.2) is 9.78 Å². The number of fused-ring (bicyclic) bond motifs is 1. The number of thiol groups is 1. The third kappa shape index (κ3) is 1.20. The molecule has 0 atom stereocenters. The molecule has 0 amide bonds. The molecule has 0 radical (unpaired) electrons. The van der Waals surface area contributed by atoms with E-state index in [1.807, 2.05) is 0 Å².